The Hall–Kier alpha value is -1.89. The summed E-state index contributed by atoms with van der Waals surface area (Å²) in [6, 6.07) is 2.84. The van der Waals surface area contributed by atoms with E-state index in [0.29, 0.717) is 12.3 Å². The summed E-state index contributed by atoms with van der Waals surface area (Å²) in [7, 11) is 0. The fourth-order valence-electron chi connectivity index (χ4n) is 1.93. The van der Waals surface area contributed by atoms with Gasteiger partial charge in [-0.2, -0.15) is 0 Å². The minimum atomic E-state index is -0.584. The number of hydrogen-bond donors (Lipinski definition) is 1. The van der Waals surface area contributed by atoms with Gasteiger partial charge in [0.2, 0.25) is 5.91 Å². The van der Waals surface area contributed by atoms with Gasteiger partial charge in [-0.05, 0) is 18.9 Å². The molecular weight excluding hydrogens is 238 g/mol. The highest BCUT2D eigenvalue weighted by molar-refractivity contribution is 5.78. The standard InChI is InChI=1S/C11H15N3O4/c15-10(13-5-1-2-6-13)8-12-7-9-3-4-11(18-9)14(16)17/h3-4,12H,1-2,5-8H2. The molecule has 1 saturated heterocycles. The highest BCUT2D eigenvalue weighted by atomic mass is 16.6. The molecule has 0 unspecified atom stereocenters. The van der Waals surface area contributed by atoms with Crippen LogP contribution in [0.15, 0.2) is 16.5 Å². The lowest BCUT2D eigenvalue weighted by Crippen LogP contribution is -2.35. The lowest BCUT2D eigenvalue weighted by molar-refractivity contribution is -0.402. The molecule has 18 heavy (non-hydrogen) atoms. The van der Waals surface area contributed by atoms with Crippen LogP contribution in [0.2, 0.25) is 0 Å². The summed E-state index contributed by atoms with van der Waals surface area (Å²) in [5.41, 5.74) is 0. The number of likely N-dealkylation sites (tertiary alicyclic amines) is 1. The van der Waals surface area contributed by atoms with E-state index in [0.717, 1.165) is 25.9 Å². The maximum absolute atomic E-state index is 11.7. The van der Waals surface area contributed by atoms with Crippen molar-refractivity contribution < 1.29 is 14.1 Å². The first-order valence-corrected chi connectivity index (χ1v) is 5.88. The molecule has 0 bridgehead atoms. The van der Waals surface area contributed by atoms with Crippen LogP contribution in [0.25, 0.3) is 0 Å². The van der Waals surface area contributed by atoms with E-state index < -0.39 is 4.92 Å². The molecule has 0 aromatic carbocycles. The minimum Gasteiger partial charge on any atom is -0.404 e. The van der Waals surface area contributed by atoms with Crippen molar-refractivity contribution in [2.45, 2.75) is 19.4 Å². The van der Waals surface area contributed by atoms with Crippen LogP contribution in [0.4, 0.5) is 5.88 Å². The zero-order chi connectivity index (χ0) is 13.0. The van der Waals surface area contributed by atoms with Crippen molar-refractivity contribution in [3.63, 3.8) is 0 Å². The molecular formula is C11H15N3O4. The van der Waals surface area contributed by atoms with E-state index in [1.54, 1.807) is 0 Å². The fourth-order valence-corrected chi connectivity index (χ4v) is 1.93. The SMILES string of the molecule is O=C(CNCc1ccc([N+](=O)[O-])o1)N1CCCC1. The molecule has 7 nitrogen and oxygen atoms in total. The summed E-state index contributed by atoms with van der Waals surface area (Å²) in [6.07, 6.45) is 2.13. The van der Waals surface area contributed by atoms with E-state index >= 15 is 0 Å². The fraction of sp³-hybridized carbons (Fsp3) is 0.545. The normalized spacial score (nSPS) is 15.0. The number of hydrogen-bond acceptors (Lipinski definition) is 5. The van der Waals surface area contributed by atoms with Gasteiger partial charge in [0.05, 0.1) is 19.2 Å². The highest BCUT2D eigenvalue weighted by Gasteiger charge is 2.17. The number of carbonyl (C=O) groups is 1. The maximum atomic E-state index is 11.7. The molecule has 1 aromatic heterocycles. The van der Waals surface area contributed by atoms with Crippen molar-refractivity contribution in [3.05, 3.63) is 28.0 Å². The topological polar surface area (TPSA) is 88.6 Å². The summed E-state index contributed by atoms with van der Waals surface area (Å²) in [4.78, 5) is 23.3. The van der Waals surface area contributed by atoms with Gasteiger partial charge in [-0.25, -0.2) is 0 Å². The number of nitrogens with one attached hydrogen (secondary N) is 1. The maximum Gasteiger partial charge on any atom is 0.433 e. The van der Waals surface area contributed by atoms with Gasteiger partial charge in [0.15, 0.2) is 0 Å². The van der Waals surface area contributed by atoms with Gasteiger partial charge in [0.1, 0.15) is 10.7 Å². The molecule has 98 valence electrons. The van der Waals surface area contributed by atoms with Crippen molar-refractivity contribution in [3.8, 4) is 0 Å². The Morgan fingerprint density at radius 1 is 1.44 bits per heavy atom. The largest absolute Gasteiger partial charge is 0.433 e. The van der Waals surface area contributed by atoms with Gasteiger partial charge >= 0.3 is 5.88 Å². The Morgan fingerprint density at radius 3 is 2.78 bits per heavy atom. The summed E-state index contributed by atoms with van der Waals surface area (Å²) >= 11 is 0. The van der Waals surface area contributed by atoms with Crippen LogP contribution in [0.1, 0.15) is 18.6 Å². The van der Waals surface area contributed by atoms with Crippen LogP contribution in [-0.4, -0.2) is 35.4 Å². The van der Waals surface area contributed by atoms with Crippen LogP contribution >= 0.6 is 0 Å². The van der Waals surface area contributed by atoms with Crippen LogP contribution < -0.4 is 5.32 Å². The first-order chi connectivity index (χ1) is 8.66. The van der Waals surface area contributed by atoms with Gasteiger partial charge in [0.25, 0.3) is 0 Å². The molecule has 2 heterocycles. The van der Waals surface area contributed by atoms with Crippen LogP contribution in [-0.2, 0) is 11.3 Å². The number of furan rings is 1. The van der Waals surface area contributed by atoms with E-state index in [1.165, 1.54) is 12.1 Å². The molecule has 1 aromatic rings. The predicted octanol–water partition coefficient (Wildman–Crippen LogP) is 0.900. The average molecular weight is 253 g/mol. The minimum absolute atomic E-state index is 0.0635. The smallest absolute Gasteiger partial charge is 0.404 e. The zero-order valence-electron chi connectivity index (χ0n) is 9.92. The lowest BCUT2D eigenvalue weighted by Gasteiger charge is -2.14. The summed E-state index contributed by atoms with van der Waals surface area (Å²) in [5.74, 6) is 0.238. The number of rotatable bonds is 5. The van der Waals surface area contributed by atoms with Crippen molar-refractivity contribution >= 4 is 11.8 Å². The van der Waals surface area contributed by atoms with Crippen LogP contribution in [0.5, 0.6) is 0 Å². The lowest BCUT2D eigenvalue weighted by atomic mass is 10.4. The summed E-state index contributed by atoms with van der Waals surface area (Å²) in [6.45, 7) is 2.20. The highest BCUT2D eigenvalue weighted by Crippen LogP contribution is 2.15. The molecule has 0 saturated carbocycles. The molecule has 0 spiro atoms. The van der Waals surface area contributed by atoms with Gasteiger partial charge in [-0.1, -0.05) is 0 Å². The van der Waals surface area contributed by atoms with Gasteiger partial charge in [0, 0.05) is 13.1 Å². The number of nitro groups is 1. The molecule has 1 N–H and O–H groups in total. The monoisotopic (exact) mass is 253 g/mol. The Kier molecular flexibility index (Phi) is 3.93. The number of nitrogens with zero attached hydrogens (tertiary/aromatic N) is 2. The second-order valence-corrected chi connectivity index (χ2v) is 4.19. The van der Waals surface area contributed by atoms with E-state index in [1.807, 2.05) is 4.90 Å². The second-order valence-electron chi connectivity index (χ2n) is 4.19. The third kappa shape index (κ3) is 3.07. The Bertz CT molecular complexity index is 437. The Labute approximate surface area is 104 Å². The molecule has 1 aliphatic rings. The predicted molar refractivity (Wildman–Crippen MR) is 62.9 cm³/mol. The van der Waals surface area contributed by atoms with Gasteiger partial charge in [-0.15, -0.1) is 0 Å². The van der Waals surface area contributed by atoms with Gasteiger partial charge in [-0.3, -0.25) is 14.9 Å². The van der Waals surface area contributed by atoms with E-state index in [-0.39, 0.29) is 18.3 Å². The van der Waals surface area contributed by atoms with E-state index in [4.69, 9.17) is 4.42 Å². The number of amides is 1. The number of carbonyl (C=O) groups excluding carboxylic acids is 1. The van der Waals surface area contributed by atoms with Crippen molar-refractivity contribution in [2.24, 2.45) is 0 Å². The first kappa shape index (κ1) is 12.6. The molecule has 1 amide bonds. The Balaban J connectivity index is 1.74. The Morgan fingerprint density at radius 2 is 2.17 bits per heavy atom. The summed E-state index contributed by atoms with van der Waals surface area (Å²) < 4.78 is 4.97. The third-order valence-electron chi connectivity index (χ3n) is 2.86. The summed E-state index contributed by atoms with van der Waals surface area (Å²) in [5, 5.41) is 13.3. The van der Waals surface area contributed by atoms with Gasteiger partial charge < -0.3 is 14.6 Å². The third-order valence-corrected chi connectivity index (χ3v) is 2.86. The van der Waals surface area contributed by atoms with Crippen molar-refractivity contribution in [1.82, 2.24) is 10.2 Å². The average Bonchev–Trinajstić information content (AvgIpc) is 3.00. The molecule has 0 radical (unpaired) electrons. The van der Waals surface area contributed by atoms with E-state index in [2.05, 4.69) is 5.32 Å². The first-order valence-electron chi connectivity index (χ1n) is 5.88. The quantitative estimate of drug-likeness (QED) is 0.622. The molecule has 1 fully saturated rings. The molecule has 2 rings (SSSR count). The van der Waals surface area contributed by atoms with Crippen LogP contribution in [0.3, 0.4) is 0 Å². The second kappa shape index (κ2) is 5.63. The molecule has 7 heteroatoms. The zero-order valence-corrected chi connectivity index (χ0v) is 9.92. The van der Waals surface area contributed by atoms with Crippen molar-refractivity contribution in [1.29, 1.82) is 0 Å². The molecule has 0 atom stereocenters. The van der Waals surface area contributed by atoms with E-state index in [9.17, 15) is 14.9 Å². The molecule has 0 aliphatic carbocycles. The van der Waals surface area contributed by atoms with Crippen molar-refractivity contribution in [2.75, 3.05) is 19.6 Å². The van der Waals surface area contributed by atoms with Crippen LogP contribution in [0, 0.1) is 10.1 Å². The molecule has 1 aliphatic heterocycles.